The Hall–Kier alpha value is -3.35. The zero-order valence-corrected chi connectivity index (χ0v) is 17.2. The minimum atomic E-state index is 0.613. The van der Waals surface area contributed by atoms with Crippen LogP contribution in [0.25, 0.3) is 0 Å². The lowest BCUT2D eigenvalue weighted by atomic mass is 9.99. The first-order valence-electron chi connectivity index (χ1n) is 9.60. The number of benzene rings is 2. The highest BCUT2D eigenvalue weighted by atomic mass is 16.5. The Morgan fingerprint density at radius 1 is 1.00 bits per heavy atom. The van der Waals surface area contributed by atoms with Gasteiger partial charge < -0.3 is 19.7 Å². The Bertz CT molecular complexity index is 1020. The van der Waals surface area contributed by atoms with Crippen molar-refractivity contribution >= 4 is 17.5 Å². The van der Waals surface area contributed by atoms with Crippen LogP contribution in [0.15, 0.2) is 36.5 Å². The lowest BCUT2D eigenvalue weighted by molar-refractivity contribution is 0.353. The van der Waals surface area contributed by atoms with Crippen molar-refractivity contribution in [3.8, 4) is 11.5 Å². The molecule has 150 valence electrons. The van der Waals surface area contributed by atoms with Crippen LogP contribution in [0, 0.1) is 13.8 Å². The SMILES string of the molecule is COc1cc2c(cc1OC)CN(c1nncc(Nc3c(C)cccc3C)n1)CC2. The highest BCUT2D eigenvalue weighted by Crippen LogP contribution is 2.34. The first-order chi connectivity index (χ1) is 14.1. The van der Waals surface area contributed by atoms with E-state index in [1.54, 1.807) is 20.4 Å². The molecule has 0 saturated carbocycles. The van der Waals surface area contributed by atoms with Crippen LogP contribution in [0.3, 0.4) is 0 Å². The molecule has 0 spiro atoms. The van der Waals surface area contributed by atoms with Gasteiger partial charge in [-0.3, -0.25) is 0 Å². The number of fused-ring (bicyclic) bond motifs is 1. The van der Waals surface area contributed by atoms with Gasteiger partial charge in [-0.2, -0.15) is 10.1 Å². The standard InChI is InChI=1S/C22H25N5O2/c1-14-6-5-7-15(2)21(14)24-20-12-23-26-22(25-20)27-9-8-16-10-18(28-3)19(29-4)11-17(16)13-27/h5-7,10-12H,8-9,13H2,1-4H3,(H,24,25,26). The number of methoxy groups -OCH3 is 2. The smallest absolute Gasteiger partial charge is 0.247 e. The molecule has 7 heteroatoms. The van der Waals surface area contributed by atoms with E-state index in [4.69, 9.17) is 14.5 Å². The van der Waals surface area contributed by atoms with Crippen LogP contribution in [0.1, 0.15) is 22.3 Å². The van der Waals surface area contributed by atoms with Crippen molar-refractivity contribution in [1.82, 2.24) is 15.2 Å². The van der Waals surface area contributed by atoms with E-state index in [0.717, 1.165) is 41.3 Å². The molecule has 1 aliphatic rings. The number of hydrogen-bond donors (Lipinski definition) is 1. The zero-order chi connectivity index (χ0) is 20.4. The van der Waals surface area contributed by atoms with Gasteiger partial charge >= 0.3 is 0 Å². The molecule has 2 heterocycles. The number of para-hydroxylation sites is 1. The number of ether oxygens (including phenoxy) is 2. The summed E-state index contributed by atoms with van der Waals surface area (Å²) >= 11 is 0. The summed E-state index contributed by atoms with van der Waals surface area (Å²) in [6, 6.07) is 10.3. The van der Waals surface area contributed by atoms with Gasteiger partial charge in [0.2, 0.25) is 5.95 Å². The van der Waals surface area contributed by atoms with Crippen LogP contribution < -0.4 is 19.7 Å². The molecule has 1 aliphatic heterocycles. The number of nitrogens with zero attached hydrogens (tertiary/aromatic N) is 4. The Labute approximate surface area is 170 Å². The Morgan fingerprint density at radius 2 is 1.69 bits per heavy atom. The largest absolute Gasteiger partial charge is 0.493 e. The highest BCUT2D eigenvalue weighted by molar-refractivity contribution is 5.64. The average Bonchev–Trinajstić information content (AvgIpc) is 2.75. The van der Waals surface area contributed by atoms with E-state index in [-0.39, 0.29) is 0 Å². The lowest BCUT2D eigenvalue weighted by Crippen LogP contribution is -2.32. The fourth-order valence-corrected chi connectivity index (χ4v) is 3.68. The molecule has 7 nitrogen and oxygen atoms in total. The summed E-state index contributed by atoms with van der Waals surface area (Å²) in [5.74, 6) is 2.79. The van der Waals surface area contributed by atoms with Gasteiger partial charge in [0, 0.05) is 18.8 Å². The van der Waals surface area contributed by atoms with Crippen molar-refractivity contribution in [3.63, 3.8) is 0 Å². The molecule has 0 amide bonds. The maximum atomic E-state index is 5.45. The molecule has 1 N–H and O–H groups in total. The van der Waals surface area contributed by atoms with Crippen LogP contribution in [-0.2, 0) is 13.0 Å². The van der Waals surface area contributed by atoms with Crippen molar-refractivity contribution in [1.29, 1.82) is 0 Å². The number of aryl methyl sites for hydroxylation is 2. The van der Waals surface area contributed by atoms with E-state index in [9.17, 15) is 0 Å². The van der Waals surface area contributed by atoms with E-state index >= 15 is 0 Å². The van der Waals surface area contributed by atoms with Gasteiger partial charge in [0.1, 0.15) is 0 Å². The lowest BCUT2D eigenvalue weighted by Gasteiger charge is -2.29. The highest BCUT2D eigenvalue weighted by Gasteiger charge is 2.22. The molecular weight excluding hydrogens is 366 g/mol. The quantitative estimate of drug-likeness (QED) is 0.709. The van der Waals surface area contributed by atoms with Crippen molar-refractivity contribution in [2.75, 3.05) is 31.0 Å². The van der Waals surface area contributed by atoms with E-state index in [0.29, 0.717) is 18.3 Å². The Balaban J connectivity index is 1.58. The summed E-state index contributed by atoms with van der Waals surface area (Å²) in [4.78, 5) is 6.84. The summed E-state index contributed by atoms with van der Waals surface area (Å²) in [7, 11) is 3.31. The van der Waals surface area contributed by atoms with Gasteiger partial charge in [0.15, 0.2) is 17.3 Å². The van der Waals surface area contributed by atoms with E-state index in [1.165, 1.54) is 11.1 Å². The topological polar surface area (TPSA) is 72.4 Å². The molecule has 0 bridgehead atoms. The fraction of sp³-hybridized carbons (Fsp3) is 0.318. The van der Waals surface area contributed by atoms with E-state index in [1.807, 2.05) is 12.1 Å². The number of rotatable bonds is 5. The Morgan fingerprint density at radius 3 is 2.38 bits per heavy atom. The maximum absolute atomic E-state index is 5.45. The third kappa shape index (κ3) is 3.81. The van der Waals surface area contributed by atoms with Gasteiger partial charge in [-0.05, 0) is 54.7 Å². The van der Waals surface area contributed by atoms with Gasteiger partial charge in [-0.15, -0.1) is 5.10 Å². The third-order valence-corrected chi connectivity index (χ3v) is 5.28. The molecule has 2 aromatic carbocycles. The fourth-order valence-electron chi connectivity index (χ4n) is 3.68. The zero-order valence-electron chi connectivity index (χ0n) is 17.2. The second-order valence-corrected chi connectivity index (χ2v) is 7.18. The monoisotopic (exact) mass is 391 g/mol. The molecule has 4 rings (SSSR count). The summed E-state index contributed by atoms with van der Waals surface area (Å²) < 4.78 is 10.9. The molecule has 1 aromatic heterocycles. The predicted octanol–water partition coefficient (Wildman–Crippen LogP) is 3.81. The molecule has 0 saturated heterocycles. The minimum Gasteiger partial charge on any atom is -0.493 e. The molecule has 0 radical (unpaired) electrons. The molecule has 0 atom stereocenters. The van der Waals surface area contributed by atoms with Crippen LogP contribution in [0.5, 0.6) is 11.5 Å². The van der Waals surface area contributed by atoms with Gasteiger partial charge in [-0.1, -0.05) is 18.2 Å². The average molecular weight is 391 g/mol. The molecule has 0 aliphatic carbocycles. The summed E-state index contributed by atoms with van der Waals surface area (Å²) in [5.41, 5.74) is 5.83. The maximum Gasteiger partial charge on any atom is 0.247 e. The van der Waals surface area contributed by atoms with Crippen molar-refractivity contribution in [3.05, 3.63) is 58.8 Å². The summed E-state index contributed by atoms with van der Waals surface area (Å²) in [6.45, 7) is 5.67. The molecule has 29 heavy (non-hydrogen) atoms. The number of anilines is 3. The Kier molecular flexibility index (Phi) is 5.20. The van der Waals surface area contributed by atoms with Crippen molar-refractivity contribution in [2.24, 2.45) is 0 Å². The first kappa shape index (κ1) is 19.0. The summed E-state index contributed by atoms with van der Waals surface area (Å²) in [5, 5.41) is 11.8. The second kappa shape index (κ2) is 7.95. The first-order valence-corrected chi connectivity index (χ1v) is 9.60. The van der Waals surface area contributed by atoms with E-state index < -0.39 is 0 Å². The van der Waals surface area contributed by atoms with E-state index in [2.05, 4.69) is 52.5 Å². The molecular formula is C22H25N5O2. The van der Waals surface area contributed by atoms with Crippen LogP contribution >= 0.6 is 0 Å². The van der Waals surface area contributed by atoms with Crippen LogP contribution in [-0.4, -0.2) is 35.9 Å². The summed E-state index contributed by atoms with van der Waals surface area (Å²) in [6.07, 6.45) is 2.54. The molecule has 3 aromatic rings. The number of nitrogens with one attached hydrogen (secondary N) is 1. The number of aromatic nitrogens is 3. The van der Waals surface area contributed by atoms with Crippen molar-refractivity contribution < 1.29 is 9.47 Å². The minimum absolute atomic E-state index is 0.613. The van der Waals surface area contributed by atoms with Gasteiger partial charge in [0.05, 0.1) is 20.4 Å². The normalized spacial score (nSPS) is 13.0. The predicted molar refractivity (Wildman–Crippen MR) is 113 cm³/mol. The van der Waals surface area contributed by atoms with Gasteiger partial charge in [0.25, 0.3) is 0 Å². The second-order valence-electron chi connectivity index (χ2n) is 7.18. The van der Waals surface area contributed by atoms with Crippen LogP contribution in [0.2, 0.25) is 0 Å². The molecule has 0 unspecified atom stereocenters. The van der Waals surface area contributed by atoms with Crippen LogP contribution in [0.4, 0.5) is 17.5 Å². The van der Waals surface area contributed by atoms with Gasteiger partial charge in [-0.25, -0.2) is 0 Å². The molecule has 0 fully saturated rings. The third-order valence-electron chi connectivity index (χ3n) is 5.28. The van der Waals surface area contributed by atoms with Crippen molar-refractivity contribution in [2.45, 2.75) is 26.8 Å². The number of hydrogen-bond acceptors (Lipinski definition) is 7.